The Morgan fingerprint density at radius 1 is 1.25 bits per heavy atom. The molecule has 0 unspecified atom stereocenters. The number of benzene rings is 1. The maximum absolute atomic E-state index is 12.6. The summed E-state index contributed by atoms with van der Waals surface area (Å²) in [7, 11) is -1.99. The highest BCUT2D eigenvalue weighted by atomic mass is 32.2. The second-order valence-electron chi connectivity index (χ2n) is 4.83. The Balaban J connectivity index is 2.32. The molecule has 0 amide bonds. The number of anilines is 1. The number of nitrogen functional groups attached to an aromatic ring is 1. The summed E-state index contributed by atoms with van der Waals surface area (Å²) in [5, 5.41) is 1.96. The molecule has 1 heterocycles. The molecule has 108 valence electrons. The van der Waals surface area contributed by atoms with Crippen molar-refractivity contribution in [2.75, 3.05) is 12.8 Å². The number of aryl methyl sites for hydroxylation is 2. The van der Waals surface area contributed by atoms with E-state index in [-0.39, 0.29) is 4.90 Å². The first-order valence-electron chi connectivity index (χ1n) is 6.18. The lowest BCUT2D eigenvalue weighted by molar-refractivity contribution is 0.469. The molecule has 0 atom stereocenters. The van der Waals surface area contributed by atoms with Crippen LogP contribution in [0.2, 0.25) is 0 Å². The van der Waals surface area contributed by atoms with E-state index >= 15 is 0 Å². The smallest absolute Gasteiger partial charge is 0.245 e. The molecule has 0 spiro atoms. The lowest BCUT2D eigenvalue weighted by atomic mass is 10.2. The predicted octanol–water partition coefficient (Wildman–Crippen LogP) is 2.77. The van der Waals surface area contributed by atoms with Crippen molar-refractivity contribution in [3.63, 3.8) is 0 Å². The fraction of sp³-hybridized carbons (Fsp3) is 0.286. The van der Waals surface area contributed by atoms with E-state index in [0.717, 1.165) is 16.0 Å². The van der Waals surface area contributed by atoms with E-state index in [1.807, 2.05) is 25.3 Å². The maximum Gasteiger partial charge on any atom is 0.245 e. The molecule has 2 rings (SSSR count). The van der Waals surface area contributed by atoms with Gasteiger partial charge in [0.1, 0.15) is 4.90 Å². The van der Waals surface area contributed by atoms with Crippen molar-refractivity contribution in [1.29, 1.82) is 0 Å². The van der Waals surface area contributed by atoms with Crippen LogP contribution in [0.15, 0.2) is 34.5 Å². The van der Waals surface area contributed by atoms with Gasteiger partial charge in [0.05, 0.1) is 5.69 Å². The molecule has 0 radical (unpaired) electrons. The van der Waals surface area contributed by atoms with Crippen molar-refractivity contribution in [2.24, 2.45) is 0 Å². The Morgan fingerprint density at radius 2 is 1.95 bits per heavy atom. The first-order chi connectivity index (χ1) is 9.32. The van der Waals surface area contributed by atoms with Crippen molar-refractivity contribution in [3.8, 4) is 0 Å². The van der Waals surface area contributed by atoms with Crippen molar-refractivity contribution in [1.82, 2.24) is 4.31 Å². The molecule has 4 nitrogen and oxygen atoms in total. The van der Waals surface area contributed by atoms with Crippen LogP contribution >= 0.6 is 11.3 Å². The summed E-state index contributed by atoms with van der Waals surface area (Å²) in [6.45, 7) is 4.22. The number of sulfonamides is 1. The molecular weight excluding hydrogens is 292 g/mol. The zero-order valence-electron chi connectivity index (χ0n) is 11.8. The molecule has 2 aromatic rings. The average molecular weight is 310 g/mol. The van der Waals surface area contributed by atoms with Gasteiger partial charge in [0.2, 0.25) is 10.0 Å². The van der Waals surface area contributed by atoms with Crippen LogP contribution in [0.25, 0.3) is 0 Å². The minimum Gasteiger partial charge on any atom is -0.398 e. The Hall–Kier alpha value is -1.37. The maximum atomic E-state index is 12.6. The van der Waals surface area contributed by atoms with Gasteiger partial charge < -0.3 is 5.73 Å². The standard InChI is InChI=1S/C14H18N2O2S2/c1-10-4-5-14(12(15)8-10)20(17,18)16(3)9-13-11(2)6-7-19-13/h4-8H,9,15H2,1-3H3. The van der Waals surface area contributed by atoms with E-state index in [0.29, 0.717) is 12.2 Å². The number of nitrogens with zero attached hydrogens (tertiary/aromatic N) is 1. The van der Waals surface area contributed by atoms with E-state index < -0.39 is 10.0 Å². The zero-order valence-corrected chi connectivity index (χ0v) is 13.4. The van der Waals surface area contributed by atoms with Gasteiger partial charge in [-0.3, -0.25) is 0 Å². The topological polar surface area (TPSA) is 63.4 Å². The SMILES string of the molecule is Cc1ccc(S(=O)(=O)N(C)Cc2sccc2C)c(N)c1. The quantitative estimate of drug-likeness (QED) is 0.883. The van der Waals surface area contributed by atoms with Crippen molar-refractivity contribution in [3.05, 3.63) is 45.6 Å². The third-order valence-corrected chi connectivity index (χ3v) is 6.07. The van der Waals surface area contributed by atoms with Crippen LogP contribution in [0.5, 0.6) is 0 Å². The highest BCUT2D eigenvalue weighted by molar-refractivity contribution is 7.89. The van der Waals surface area contributed by atoms with Gasteiger partial charge in [-0.05, 0) is 48.6 Å². The summed E-state index contributed by atoms with van der Waals surface area (Å²) in [6, 6.07) is 6.99. The largest absolute Gasteiger partial charge is 0.398 e. The Labute approximate surface area is 123 Å². The number of hydrogen-bond acceptors (Lipinski definition) is 4. The number of nitrogens with two attached hydrogens (primary N) is 1. The van der Waals surface area contributed by atoms with Gasteiger partial charge in [-0.15, -0.1) is 11.3 Å². The van der Waals surface area contributed by atoms with Crippen LogP contribution in [0, 0.1) is 13.8 Å². The van der Waals surface area contributed by atoms with Crippen molar-refractivity contribution in [2.45, 2.75) is 25.3 Å². The molecule has 20 heavy (non-hydrogen) atoms. The Morgan fingerprint density at radius 3 is 2.50 bits per heavy atom. The summed E-state index contributed by atoms with van der Waals surface area (Å²) in [5.74, 6) is 0. The van der Waals surface area contributed by atoms with E-state index in [1.165, 1.54) is 4.31 Å². The second-order valence-corrected chi connectivity index (χ2v) is 7.84. The summed E-state index contributed by atoms with van der Waals surface area (Å²) in [6.07, 6.45) is 0. The number of hydrogen-bond donors (Lipinski definition) is 1. The molecular formula is C14H18N2O2S2. The van der Waals surface area contributed by atoms with Gasteiger partial charge in [-0.2, -0.15) is 4.31 Å². The third-order valence-electron chi connectivity index (χ3n) is 3.19. The van der Waals surface area contributed by atoms with E-state index in [9.17, 15) is 8.42 Å². The molecule has 2 N–H and O–H groups in total. The van der Waals surface area contributed by atoms with Crippen LogP contribution < -0.4 is 5.73 Å². The monoisotopic (exact) mass is 310 g/mol. The minimum absolute atomic E-state index is 0.166. The summed E-state index contributed by atoms with van der Waals surface area (Å²) in [5.41, 5.74) is 8.19. The van der Waals surface area contributed by atoms with E-state index in [1.54, 1.807) is 36.6 Å². The fourth-order valence-electron chi connectivity index (χ4n) is 1.92. The molecule has 0 aliphatic rings. The van der Waals surface area contributed by atoms with Crippen LogP contribution in [-0.4, -0.2) is 19.8 Å². The van der Waals surface area contributed by atoms with Gasteiger partial charge >= 0.3 is 0 Å². The van der Waals surface area contributed by atoms with Crippen LogP contribution in [0.3, 0.4) is 0 Å². The lowest BCUT2D eigenvalue weighted by Gasteiger charge is -2.18. The molecule has 0 fully saturated rings. The fourth-order valence-corrected chi connectivity index (χ4v) is 4.20. The molecule has 0 aliphatic carbocycles. The summed E-state index contributed by atoms with van der Waals surface area (Å²) < 4.78 is 26.4. The number of thiophene rings is 1. The minimum atomic E-state index is -3.56. The van der Waals surface area contributed by atoms with Gasteiger partial charge in [0, 0.05) is 18.5 Å². The van der Waals surface area contributed by atoms with Gasteiger partial charge in [0.15, 0.2) is 0 Å². The van der Waals surface area contributed by atoms with Gasteiger partial charge in [-0.1, -0.05) is 6.07 Å². The van der Waals surface area contributed by atoms with Gasteiger partial charge in [-0.25, -0.2) is 8.42 Å². The average Bonchev–Trinajstić information content (AvgIpc) is 2.74. The van der Waals surface area contributed by atoms with Crippen LogP contribution in [0.1, 0.15) is 16.0 Å². The Kier molecular flexibility index (Phi) is 4.17. The second kappa shape index (κ2) is 5.55. The molecule has 0 aliphatic heterocycles. The van der Waals surface area contributed by atoms with E-state index in [2.05, 4.69) is 0 Å². The first kappa shape index (κ1) is 15.0. The summed E-state index contributed by atoms with van der Waals surface area (Å²) in [4.78, 5) is 1.21. The van der Waals surface area contributed by atoms with Crippen LogP contribution in [-0.2, 0) is 16.6 Å². The predicted molar refractivity (Wildman–Crippen MR) is 83.3 cm³/mol. The molecule has 0 saturated carbocycles. The normalized spacial score (nSPS) is 12.0. The number of rotatable bonds is 4. The van der Waals surface area contributed by atoms with Crippen molar-refractivity contribution < 1.29 is 8.42 Å². The highest BCUT2D eigenvalue weighted by Crippen LogP contribution is 2.25. The molecule has 1 aromatic heterocycles. The van der Waals surface area contributed by atoms with Crippen molar-refractivity contribution >= 4 is 27.0 Å². The van der Waals surface area contributed by atoms with E-state index in [4.69, 9.17) is 5.73 Å². The molecule has 0 bridgehead atoms. The zero-order chi connectivity index (χ0) is 14.9. The van der Waals surface area contributed by atoms with Gasteiger partial charge in [0.25, 0.3) is 0 Å². The Bertz CT molecular complexity index is 721. The molecule has 1 aromatic carbocycles. The highest BCUT2D eigenvalue weighted by Gasteiger charge is 2.24. The molecule has 0 saturated heterocycles. The van der Waals surface area contributed by atoms with Crippen LogP contribution in [0.4, 0.5) is 5.69 Å². The summed E-state index contributed by atoms with van der Waals surface area (Å²) >= 11 is 1.56. The lowest BCUT2D eigenvalue weighted by Crippen LogP contribution is -2.27. The molecule has 6 heteroatoms. The first-order valence-corrected chi connectivity index (χ1v) is 8.50. The third kappa shape index (κ3) is 2.87.